The van der Waals surface area contributed by atoms with E-state index >= 15 is 0 Å². The van der Waals surface area contributed by atoms with Gasteiger partial charge >= 0.3 is 0 Å². The van der Waals surface area contributed by atoms with Crippen LogP contribution in [0.25, 0.3) is 0 Å². The van der Waals surface area contributed by atoms with Gasteiger partial charge in [-0.15, -0.1) is 0 Å². The van der Waals surface area contributed by atoms with Crippen LogP contribution in [-0.2, 0) is 14.6 Å². The van der Waals surface area contributed by atoms with Crippen molar-refractivity contribution in [3.05, 3.63) is 0 Å². The number of fused-ring (bicyclic) bond motifs is 1. The van der Waals surface area contributed by atoms with E-state index in [1.807, 2.05) is 0 Å². The Bertz CT molecular complexity index is 463. The molecule has 3 fully saturated rings. The van der Waals surface area contributed by atoms with E-state index in [9.17, 15) is 13.2 Å². The van der Waals surface area contributed by atoms with E-state index in [-0.39, 0.29) is 29.4 Å². The summed E-state index contributed by atoms with van der Waals surface area (Å²) >= 11 is 0. The van der Waals surface area contributed by atoms with Gasteiger partial charge in [0.1, 0.15) is 0 Å². The molecule has 114 valence electrons. The number of hydrogen-bond donors (Lipinski definition) is 2. The number of carbonyl (C=O) groups excluding carboxylic acids is 1. The van der Waals surface area contributed by atoms with E-state index in [0.29, 0.717) is 24.9 Å². The minimum atomic E-state index is -2.85. The molecule has 3 rings (SSSR count). The highest BCUT2D eigenvalue weighted by Crippen LogP contribution is 2.33. The number of sulfone groups is 1. The second-order valence-corrected chi connectivity index (χ2v) is 8.85. The molecule has 1 amide bonds. The number of rotatable bonds is 3. The summed E-state index contributed by atoms with van der Waals surface area (Å²) in [5, 5.41) is 6.40. The van der Waals surface area contributed by atoms with Gasteiger partial charge < -0.3 is 10.6 Å². The van der Waals surface area contributed by atoms with Crippen LogP contribution in [0.15, 0.2) is 0 Å². The second kappa shape index (κ2) is 5.64. The third kappa shape index (κ3) is 3.17. The molecule has 1 saturated carbocycles. The van der Waals surface area contributed by atoms with Crippen LogP contribution in [0.1, 0.15) is 38.5 Å². The van der Waals surface area contributed by atoms with Crippen LogP contribution in [0.5, 0.6) is 0 Å². The highest BCUT2D eigenvalue weighted by atomic mass is 32.2. The molecule has 2 N–H and O–H groups in total. The summed E-state index contributed by atoms with van der Waals surface area (Å²) in [6.45, 7) is 0.506. The van der Waals surface area contributed by atoms with Crippen LogP contribution >= 0.6 is 0 Å². The lowest BCUT2D eigenvalue weighted by Gasteiger charge is -2.24. The molecule has 2 heterocycles. The van der Waals surface area contributed by atoms with Crippen LogP contribution in [0.4, 0.5) is 0 Å². The molecule has 0 radical (unpaired) electrons. The molecule has 2 aliphatic heterocycles. The molecule has 0 aromatic rings. The van der Waals surface area contributed by atoms with E-state index < -0.39 is 9.84 Å². The molecule has 20 heavy (non-hydrogen) atoms. The van der Waals surface area contributed by atoms with Crippen molar-refractivity contribution in [3.63, 3.8) is 0 Å². The zero-order chi connectivity index (χ0) is 14.2. The van der Waals surface area contributed by atoms with Crippen LogP contribution in [0.3, 0.4) is 0 Å². The molecule has 0 aromatic carbocycles. The molecular formula is C14H24N2O3S. The number of carbonyl (C=O) groups is 1. The quantitative estimate of drug-likeness (QED) is 0.794. The van der Waals surface area contributed by atoms with E-state index in [0.717, 1.165) is 6.42 Å². The van der Waals surface area contributed by atoms with Gasteiger partial charge in [-0.3, -0.25) is 4.79 Å². The monoisotopic (exact) mass is 300 g/mol. The Labute approximate surface area is 120 Å². The molecule has 4 unspecified atom stereocenters. The molecule has 0 aromatic heterocycles. The smallest absolute Gasteiger partial charge is 0.237 e. The molecule has 1 aliphatic carbocycles. The maximum absolute atomic E-state index is 12.2. The molecule has 0 spiro atoms. The van der Waals surface area contributed by atoms with Gasteiger partial charge in [-0.1, -0.05) is 12.8 Å². The molecule has 2 saturated heterocycles. The third-order valence-corrected chi connectivity index (χ3v) is 6.91. The van der Waals surface area contributed by atoms with Crippen molar-refractivity contribution in [1.82, 2.24) is 10.6 Å². The molecule has 5 nitrogen and oxygen atoms in total. The standard InChI is InChI=1S/C14H24N2O3S/c17-14(15-8-10-5-6-20(18,19)9-10)13-7-11-3-1-2-4-12(11)16-13/h10-13,16H,1-9H2,(H,15,17). The van der Waals surface area contributed by atoms with Crippen molar-refractivity contribution in [2.75, 3.05) is 18.1 Å². The van der Waals surface area contributed by atoms with Crippen LogP contribution < -0.4 is 10.6 Å². The Morgan fingerprint density at radius 1 is 1.20 bits per heavy atom. The van der Waals surface area contributed by atoms with Gasteiger partial charge in [-0.25, -0.2) is 8.42 Å². The van der Waals surface area contributed by atoms with E-state index in [2.05, 4.69) is 10.6 Å². The maximum Gasteiger partial charge on any atom is 0.237 e. The van der Waals surface area contributed by atoms with Crippen molar-refractivity contribution >= 4 is 15.7 Å². The van der Waals surface area contributed by atoms with Gasteiger partial charge in [0.15, 0.2) is 9.84 Å². The predicted molar refractivity (Wildman–Crippen MR) is 77.1 cm³/mol. The first-order valence-corrected chi connectivity index (χ1v) is 9.60. The van der Waals surface area contributed by atoms with Crippen molar-refractivity contribution in [3.8, 4) is 0 Å². The topological polar surface area (TPSA) is 75.3 Å². The fraction of sp³-hybridized carbons (Fsp3) is 0.929. The number of nitrogens with one attached hydrogen (secondary N) is 2. The summed E-state index contributed by atoms with van der Waals surface area (Å²) in [6.07, 6.45) is 6.61. The molecular weight excluding hydrogens is 276 g/mol. The Balaban J connectivity index is 1.46. The zero-order valence-corrected chi connectivity index (χ0v) is 12.6. The summed E-state index contributed by atoms with van der Waals surface area (Å²) in [7, 11) is -2.85. The minimum Gasteiger partial charge on any atom is -0.354 e. The average Bonchev–Trinajstić information content (AvgIpc) is 2.99. The van der Waals surface area contributed by atoms with E-state index in [1.54, 1.807) is 0 Å². The van der Waals surface area contributed by atoms with Crippen LogP contribution in [-0.4, -0.2) is 44.5 Å². The van der Waals surface area contributed by atoms with E-state index in [1.165, 1.54) is 25.7 Å². The fourth-order valence-corrected chi connectivity index (χ4v) is 5.78. The van der Waals surface area contributed by atoms with Gasteiger partial charge in [0.2, 0.25) is 5.91 Å². The third-order valence-electron chi connectivity index (χ3n) is 5.07. The number of amides is 1. The summed E-state index contributed by atoms with van der Waals surface area (Å²) in [5.74, 6) is 1.33. The molecule has 3 aliphatic rings. The van der Waals surface area contributed by atoms with Gasteiger partial charge in [-0.05, 0) is 37.5 Å². The molecule has 4 atom stereocenters. The van der Waals surface area contributed by atoms with Crippen molar-refractivity contribution in [1.29, 1.82) is 0 Å². The van der Waals surface area contributed by atoms with Gasteiger partial charge in [0.05, 0.1) is 17.5 Å². The second-order valence-electron chi connectivity index (χ2n) is 6.62. The number of hydrogen-bond acceptors (Lipinski definition) is 4. The lowest BCUT2D eigenvalue weighted by molar-refractivity contribution is -0.123. The van der Waals surface area contributed by atoms with Crippen LogP contribution in [0, 0.1) is 11.8 Å². The highest BCUT2D eigenvalue weighted by molar-refractivity contribution is 7.91. The molecule has 6 heteroatoms. The Morgan fingerprint density at radius 2 is 2.00 bits per heavy atom. The lowest BCUT2D eigenvalue weighted by atomic mass is 9.85. The summed E-state index contributed by atoms with van der Waals surface area (Å²) < 4.78 is 22.8. The summed E-state index contributed by atoms with van der Waals surface area (Å²) in [5.41, 5.74) is 0. The Hall–Kier alpha value is -0.620. The van der Waals surface area contributed by atoms with Gasteiger partial charge in [-0.2, -0.15) is 0 Å². The van der Waals surface area contributed by atoms with Crippen molar-refractivity contribution in [2.45, 2.75) is 50.6 Å². The van der Waals surface area contributed by atoms with Crippen molar-refractivity contribution < 1.29 is 13.2 Å². The Morgan fingerprint density at radius 3 is 2.70 bits per heavy atom. The largest absolute Gasteiger partial charge is 0.354 e. The normalized spacial score (nSPS) is 39.4. The van der Waals surface area contributed by atoms with Gasteiger partial charge in [0.25, 0.3) is 0 Å². The van der Waals surface area contributed by atoms with Gasteiger partial charge in [0, 0.05) is 12.6 Å². The first-order chi connectivity index (χ1) is 9.53. The Kier molecular flexibility index (Phi) is 4.04. The zero-order valence-electron chi connectivity index (χ0n) is 11.8. The molecule has 0 bridgehead atoms. The van der Waals surface area contributed by atoms with Crippen LogP contribution in [0.2, 0.25) is 0 Å². The fourth-order valence-electron chi connectivity index (χ4n) is 3.92. The summed E-state index contributed by atoms with van der Waals surface area (Å²) in [4.78, 5) is 12.2. The summed E-state index contributed by atoms with van der Waals surface area (Å²) in [6, 6.07) is 0.451. The highest BCUT2D eigenvalue weighted by Gasteiger charge is 2.38. The first-order valence-electron chi connectivity index (χ1n) is 7.78. The van der Waals surface area contributed by atoms with Crippen molar-refractivity contribution in [2.24, 2.45) is 11.8 Å². The lowest BCUT2D eigenvalue weighted by Crippen LogP contribution is -2.44. The predicted octanol–water partition coefficient (Wildman–Crippen LogP) is 0.458. The first kappa shape index (κ1) is 14.3. The SMILES string of the molecule is O=C(NCC1CCS(=O)(=O)C1)C1CC2CCCCC2N1. The van der Waals surface area contributed by atoms with E-state index in [4.69, 9.17) is 0 Å². The average molecular weight is 300 g/mol. The maximum atomic E-state index is 12.2. The minimum absolute atomic E-state index is 0.0590.